The van der Waals surface area contributed by atoms with E-state index in [2.05, 4.69) is 32.7 Å². The fourth-order valence-corrected chi connectivity index (χ4v) is 1.64. The van der Waals surface area contributed by atoms with Gasteiger partial charge >= 0.3 is 0 Å². The van der Waals surface area contributed by atoms with E-state index >= 15 is 0 Å². The van der Waals surface area contributed by atoms with Crippen molar-refractivity contribution in [2.24, 2.45) is 4.99 Å². The molecule has 1 fully saturated rings. The number of ether oxygens (including phenoxy) is 1. The first-order chi connectivity index (χ1) is 7.42. The topological polar surface area (TPSA) is 46.5 Å². The van der Waals surface area contributed by atoms with Crippen molar-refractivity contribution in [3.05, 3.63) is 24.0 Å². The number of aliphatic imine (C=N–C) groups is 1. The molecule has 1 aromatic rings. The van der Waals surface area contributed by atoms with Crippen LogP contribution in [0.15, 0.2) is 23.3 Å². The summed E-state index contributed by atoms with van der Waals surface area (Å²) in [5.41, 5.74) is 1.56. The van der Waals surface area contributed by atoms with Gasteiger partial charge in [-0.1, -0.05) is 0 Å². The number of thiocarbonyl (C=S) groups is 1. The number of isothiocyanates is 1. The maximum Gasteiger partial charge on any atom is 0.114 e. The van der Waals surface area contributed by atoms with Crippen LogP contribution in [-0.2, 0) is 4.74 Å². The molecule has 78 valence electrons. The van der Waals surface area contributed by atoms with Crippen LogP contribution >= 0.6 is 12.2 Å². The Morgan fingerprint density at radius 1 is 1.67 bits per heavy atom. The van der Waals surface area contributed by atoms with Gasteiger partial charge < -0.3 is 10.1 Å². The van der Waals surface area contributed by atoms with E-state index in [9.17, 15) is 0 Å². The monoisotopic (exact) mass is 221 g/mol. The van der Waals surface area contributed by atoms with E-state index < -0.39 is 0 Å². The third-order valence-electron chi connectivity index (χ3n) is 2.21. The van der Waals surface area contributed by atoms with E-state index in [0.717, 1.165) is 24.5 Å². The summed E-state index contributed by atoms with van der Waals surface area (Å²) in [5, 5.41) is 5.61. The molecule has 15 heavy (non-hydrogen) atoms. The van der Waals surface area contributed by atoms with Gasteiger partial charge in [-0.3, -0.25) is 4.98 Å². The van der Waals surface area contributed by atoms with Crippen molar-refractivity contribution in [1.29, 1.82) is 0 Å². The van der Waals surface area contributed by atoms with Gasteiger partial charge in [-0.2, -0.15) is 4.99 Å². The highest BCUT2D eigenvalue weighted by atomic mass is 32.1. The summed E-state index contributed by atoms with van der Waals surface area (Å²) in [5.74, 6) is 0. The molecule has 0 saturated carbocycles. The Kier molecular flexibility index (Phi) is 3.53. The number of rotatable bonds is 2. The van der Waals surface area contributed by atoms with Gasteiger partial charge in [0.2, 0.25) is 0 Å². The molecule has 0 aromatic carbocycles. The van der Waals surface area contributed by atoms with E-state index in [-0.39, 0.29) is 6.10 Å². The first-order valence-corrected chi connectivity index (χ1v) is 5.18. The predicted octanol–water partition coefficient (Wildman–Crippen LogP) is 1.48. The Morgan fingerprint density at radius 2 is 2.60 bits per heavy atom. The van der Waals surface area contributed by atoms with Crippen LogP contribution in [0.25, 0.3) is 0 Å². The Balaban J connectivity index is 2.28. The molecular weight excluding hydrogens is 210 g/mol. The van der Waals surface area contributed by atoms with Crippen LogP contribution in [0.1, 0.15) is 11.8 Å². The van der Waals surface area contributed by atoms with Gasteiger partial charge in [0.15, 0.2) is 0 Å². The summed E-state index contributed by atoms with van der Waals surface area (Å²) in [6, 6.07) is 3.69. The van der Waals surface area contributed by atoms with Gasteiger partial charge in [-0.15, -0.1) is 0 Å². The van der Waals surface area contributed by atoms with Gasteiger partial charge in [0.1, 0.15) is 6.10 Å². The van der Waals surface area contributed by atoms with Gasteiger partial charge in [-0.05, 0) is 24.4 Å². The highest BCUT2D eigenvalue weighted by molar-refractivity contribution is 7.78. The maximum atomic E-state index is 5.60. The van der Waals surface area contributed by atoms with Crippen molar-refractivity contribution >= 4 is 23.1 Å². The van der Waals surface area contributed by atoms with Crippen LogP contribution in [0.4, 0.5) is 5.69 Å². The average Bonchev–Trinajstić information content (AvgIpc) is 2.31. The number of nitrogens with one attached hydrogen (secondary N) is 1. The molecule has 4 nitrogen and oxygen atoms in total. The summed E-state index contributed by atoms with van der Waals surface area (Å²) in [6.45, 7) is 2.34. The standard InChI is InChI=1S/C10H11N3OS/c15-7-13-8-2-1-3-12-10(8)9-6-11-4-5-14-9/h1-3,9,11H,4-6H2. The molecule has 1 aromatic heterocycles. The lowest BCUT2D eigenvalue weighted by molar-refractivity contribution is 0.0254. The summed E-state index contributed by atoms with van der Waals surface area (Å²) >= 11 is 4.59. The summed E-state index contributed by atoms with van der Waals surface area (Å²) < 4.78 is 5.60. The molecule has 0 aliphatic carbocycles. The first kappa shape index (κ1) is 10.4. The highest BCUT2D eigenvalue weighted by Crippen LogP contribution is 2.25. The van der Waals surface area contributed by atoms with Crippen LogP contribution in [0.3, 0.4) is 0 Å². The molecule has 2 rings (SSSR count). The van der Waals surface area contributed by atoms with Gasteiger partial charge in [0.05, 0.1) is 23.1 Å². The van der Waals surface area contributed by atoms with Crippen LogP contribution in [0.5, 0.6) is 0 Å². The minimum Gasteiger partial charge on any atom is -0.369 e. The summed E-state index contributed by atoms with van der Waals surface area (Å²) in [7, 11) is 0. The number of pyridine rings is 1. The van der Waals surface area contributed by atoms with E-state index in [4.69, 9.17) is 4.74 Å². The fraction of sp³-hybridized carbons (Fsp3) is 0.400. The smallest absolute Gasteiger partial charge is 0.114 e. The average molecular weight is 221 g/mol. The van der Waals surface area contributed by atoms with Crippen molar-refractivity contribution in [3.8, 4) is 0 Å². The van der Waals surface area contributed by atoms with Crippen molar-refractivity contribution < 1.29 is 4.74 Å². The molecule has 0 amide bonds. The molecule has 0 radical (unpaired) electrons. The molecule has 1 unspecified atom stereocenters. The van der Waals surface area contributed by atoms with E-state index in [1.165, 1.54) is 0 Å². The normalized spacial score (nSPS) is 20.7. The van der Waals surface area contributed by atoms with Crippen LogP contribution in [0.2, 0.25) is 0 Å². The Labute approximate surface area is 93.4 Å². The quantitative estimate of drug-likeness (QED) is 0.607. The van der Waals surface area contributed by atoms with E-state index in [1.54, 1.807) is 6.20 Å². The largest absolute Gasteiger partial charge is 0.369 e. The van der Waals surface area contributed by atoms with Crippen molar-refractivity contribution in [2.45, 2.75) is 6.10 Å². The fourth-order valence-electron chi connectivity index (χ4n) is 1.54. The zero-order valence-electron chi connectivity index (χ0n) is 8.14. The van der Waals surface area contributed by atoms with Crippen molar-refractivity contribution in [3.63, 3.8) is 0 Å². The Hall–Kier alpha value is -1.13. The maximum absolute atomic E-state index is 5.60. The molecule has 1 atom stereocenters. The number of morpholine rings is 1. The van der Waals surface area contributed by atoms with Gasteiger partial charge in [0, 0.05) is 19.3 Å². The SMILES string of the molecule is S=C=Nc1cccnc1C1CNCCO1. The number of nitrogens with zero attached hydrogens (tertiary/aromatic N) is 2. The molecule has 1 aliphatic rings. The second kappa shape index (κ2) is 5.09. The van der Waals surface area contributed by atoms with Crippen LogP contribution < -0.4 is 5.32 Å². The minimum absolute atomic E-state index is 0.0398. The lowest BCUT2D eigenvalue weighted by Gasteiger charge is -2.23. The molecular formula is C10H11N3OS. The Bertz CT molecular complexity index is 384. The lowest BCUT2D eigenvalue weighted by Crippen LogP contribution is -2.33. The molecule has 2 heterocycles. The molecule has 1 saturated heterocycles. The van der Waals surface area contributed by atoms with E-state index in [1.807, 2.05) is 12.1 Å². The third-order valence-corrected chi connectivity index (χ3v) is 2.31. The number of hydrogen-bond acceptors (Lipinski definition) is 5. The third kappa shape index (κ3) is 2.46. The number of hydrogen-bond donors (Lipinski definition) is 1. The molecule has 1 aliphatic heterocycles. The van der Waals surface area contributed by atoms with Crippen LogP contribution in [-0.4, -0.2) is 29.8 Å². The molecule has 1 N–H and O–H groups in total. The summed E-state index contributed by atoms with van der Waals surface area (Å²) in [6.07, 6.45) is 1.69. The van der Waals surface area contributed by atoms with Gasteiger partial charge in [0.25, 0.3) is 0 Å². The Morgan fingerprint density at radius 3 is 3.33 bits per heavy atom. The zero-order chi connectivity index (χ0) is 10.5. The minimum atomic E-state index is -0.0398. The molecule has 0 spiro atoms. The molecule has 5 heteroatoms. The lowest BCUT2D eigenvalue weighted by atomic mass is 10.2. The van der Waals surface area contributed by atoms with Crippen LogP contribution in [0, 0.1) is 0 Å². The van der Waals surface area contributed by atoms with Crippen molar-refractivity contribution in [1.82, 2.24) is 10.3 Å². The highest BCUT2D eigenvalue weighted by Gasteiger charge is 2.19. The molecule has 0 bridgehead atoms. The number of aromatic nitrogens is 1. The zero-order valence-corrected chi connectivity index (χ0v) is 8.96. The second-order valence-electron chi connectivity index (χ2n) is 3.17. The second-order valence-corrected chi connectivity index (χ2v) is 3.36. The predicted molar refractivity (Wildman–Crippen MR) is 60.5 cm³/mol. The summed E-state index contributed by atoms with van der Waals surface area (Å²) in [4.78, 5) is 8.25. The first-order valence-electron chi connectivity index (χ1n) is 4.77. The van der Waals surface area contributed by atoms with Crippen molar-refractivity contribution in [2.75, 3.05) is 19.7 Å². The van der Waals surface area contributed by atoms with Gasteiger partial charge in [-0.25, -0.2) is 0 Å². The van der Waals surface area contributed by atoms with E-state index in [0.29, 0.717) is 6.61 Å².